The van der Waals surface area contributed by atoms with Gasteiger partial charge in [-0.05, 0) is 37.6 Å². The van der Waals surface area contributed by atoms with Crippen molar-refractivity contribution in [2.45, 2.75) is 18.0 Å². The average molecular weight is 238 g/mol. The van der Waals surface area contributed by atoms with Gasteiger partial charge in [0.2, 0.25) is 0 Å². The van der Waals surface area contributed by atoms with Crippen molar-refractivity contribution in [1.29, 1.82) is 0 Å². The van der Waals surface area contributed by atoms with E-state index in [0.29, 0.717) is 5.92 Å². The molecule has 4 nitrogen and oxygen atoms in total. The molecule has 0 amide bonds. The van der Waals surface area contributed by atoms with Crippen molar-refractivity contribution < 1.29 is 0 Å². The largest absolute Gasteiger partial charge is 0.356 e. The Bertz CT molecular complexity index is 345. The zero-order valence-corrected chi connectivity index (χ0v) is 10.4. The highest BCUT2D eigenvalue weighted by Crippen LogP contribution is 2.21. The Morgan fingerprint density at radius 1 is 1.62 bits per heavy atom. The second-order valence-corrected chi connectivity index (χ2v) is 4.86. The van der Waals surface area contributed by atoms with Crippen molar-refractivity contribution >= 4 is 17.6 Å². The fourth-order valence-corrected chi connectivity index (χ4v) is 2.42. The zero-order chi connectivity index (χ0) is 11.4. The predicted molar refractivity (Wildman–Crippen MR) is 67.8 cm³/mol. The van der Waals surface area contributed by atoms with Gasteiger partial charge in [0.1, 0.15) is 5.82 Å². The quantitative estimate of drug-likeness (QED) is 0.637. The highest BCUT2D eigenvalue weighted by atomic mass is 32.2. The Hall–Kier alpha value is -0.810. The summed E-state index contributed by atoms with van der Waals surface area (Å²) in [6.07, 6.45) is 6.28. The molecule has 2 heterocycles. The van der Waals surface area contributed by atoms with Gasteiger partial charge >= 0.3 is 0 Å². The summed E-state index contributed by atoms with van der Waals surface area (Å²) in [4.78, 5) is 11.0. The molecule has 0 radical (unpaired) electrons. The van der Waals surface area contributed by atoms with Crippen LogP contribution in [0, 0.1) is 5.92 Å². The Kier molecular flexibility index (Phi) is 4.01. The molecule has 1 unspecified atom stereocenters. The minimum atomic E-state index is 0.612. The molecule has 1 aliphatic heterocycles. The van der Waals surface area contributed by atoms with Crippen LogP contribution in [-0.2, 0) is 0 Å². The van der Waals surface area contributed by atoms with Crippen LogP contribution in [0.15, 0.2) is 17.4 Å². The molecule has 0 saturated carbocycles. The predicted octanol–water partition coefficient (Wildman–Crippen LogP) is 1.37. The number of nitrogens with zero attached hydrogens (tertiary/aromatic N) is 3. The normalized spacial score (nSPS) is 21.1. The van der Waals surface area contributed by atoms with Gasteiger partial charge in [0.15, 0.2) is 5.16 Å². The number of piperidine rings is 1. The third-order valence-electron chi connectivity index (χ3n) is 2.98. The maximum atomic E-state index is 5.74. The lowest BCUT2D eigenvalue weighted by Gasteiger charge is -2.32. The third kappa shape index (κ3) is 2.65. The van der Waals surface area contributed by atoms with Crippen molar-refractivity contribution in [1.82, 2.24) is 9.97 Å². The summed E-state index contributed by atoms with van der Waals surface area (Å²) in [5.41, 5.74) is 5.74. The molecule has 5 heteroatoms. The number of hydrogen-bond acceptors (Lipinski definition) is 5. The third-order valence-corrected chi connectivity index (χ3v) is 3.54. The van der Waals surface area contributed by atoms with Crippen molar-refractivity contribution in [2.75, 3.05) is 30.8 Å². The van der Waals surface area contributed by atoms with Crippen molar-refractivity contribution in [3.05, 3.63) is 12.3 Å². The number of aromatic nitrogens is 2. The number of thioether (sulfide) groups is 1. The van der Waals surface area contributed by atoms with Gasteiger partial charge in [-0.1, -0.05) is 11.8 Å². The van der Waals surface area contributed by atoms with Crippen LogP contribution in [0.25, 0.3) is 0 Å². The first-order valence-electron chi connectivity index (χ1n) is 5.65. The molecule has 1 saturated heterocycles. The molecule has 0 aromatic carbocycles. The highest BCUT2D eigenvalue weighted by molar-refractivity contribution is 7.98. The van der Waals surface area contributed by atoms with E-state index in [9.17, 15) is 0 Å². The lowest BCUT2D eigenvalue weighted by Crippen LogP contribution is -2.38. The van der Waals surface area contributed by atoms with E-state index in [2.05, 4.69) is 14.9 Å². The summed E-state index contributed by atoms with van der Waals surface area (Å²) in [6, 6.07) is 1.98. The summed E-state index contributed by atoms with van der Waals surface area (Å²) in [5, 5.41) is 0.840. The van der Waals surface area contributed by atoms with E-state index in [1.807, 2.05) is 18.5 Å². The Labute approximate surface area is 101 Å². The lowest BCUT2D eigenvalue weighted by atomic mass is 9.98. The van der Waals surface area contributed by atoms with E-state index >= 15 is 0 Å². The van der Waals surface area contributed by atoms with Crippen LogP contribution < -0.4 is 10.6 Å². The maximum Gasteiger partial charge on any atom is 0.189 e. The number of rotatable bonds is 3. The standard InChI is InChI=1S/C11H18N4S/c1-16-11-13-5-4-10(14-11)15-6-2-3-9(7-12)8-15/h4-5,9H,2-3,6-8,12H2,1H3. The highest BCUT2D eigenvalue weighted by Gasteiger charge is 2.19. The Morgan fingerprint density at radius 3 is 3.25 bits per heavy atom. The lowest BCUT2D eigenvalue weighted by molar-refractivity contribution is 0.421. The van der Waals surface area contributed by atoms with E-state index in [1.165, 1.54) is 12.8 Å². The topological polar surface area (TPSA) is 55.0 Å². The minimum Gasteiger partial charge on any atom is -0.356 e. The molecule has 1 fully saturated rings. The fraction of sp³-hybridized carbons (Fsp3) is 0.636. The van der Waals surface area contributed by atoms with Crippen molar-refractivity contribution in [2.24, 2.45) is 11.7 Å². The first kappa shape index (κ1) is 11.7. The first-order valence-corrected chi connectivity index (χ1v) is 6.88. The van der Waals surface area contributed by atoms with Crippen LogP contribution >= 0.6 is 11.8 Å². The molecule has 1 atom stereocenters. The molecule has 88 valence electrons. The molecule has 1 aromatic heterocycles. The summed E-state index contributed by atoms with van der Waals surface area (Å²) < 4.78 is 0. The molecule has 1 aromatic rings. The number of nitrogens with two attached hydrogens (primary N) is 1. The zero-order valence-electron chi connectivity index (χ0n) is 9.59. The van der Waals surface area contributed by atoms with Gasteiger partial charge in [-0.2, -0.15) is 0 Å². The van der Waals surface area contributed by atoms with Crippen LogP contribution in [0.3, 0.4) is 0 Å². The van der Waals surface area contributed by atoms with Gasteiger partial charge < -0.3 is 10.6 Å². The second-order valence-electron chi connectivity index (χ2n) is 4.09. The van der Waals surface area contributed by atoms with Gasteiger partial charge in [0.25, 0.3) is 0 Å². The molecule has 2 N–H and O–H groups in total. The molecule has 0 spiro atoms. The second kappa shape index (κ2) is 5.50. The van der Waals surface area contributed by atoms with Crippen LogP contribution in [-0.4, -0.2) is 35.9 Å². The fourth-order valence-electron chi connectivity index (χ4n) is 2.07. The summed E-state index contributed by atoms with van der Waals surface area (Å²) >= 11 is 1.58. The summed E-state index contributed by atoms with van der Waals surface area (Å²) in [6.45, 7) is 2.89. The Morgan fingerprint density at radius 2 is 2.50 bits per heavy atom. The van der Waals surface area contributed by atoms with E-state index in [0.717, 1.165) is 30.6 Å². The monoisotopic (exact) mass is 238 g/mol. The molecule has 1 aliphatic rings. The van der Waals surface area contributed by atoms with Crippen molar-refractivity contribution in [3.8, 4) is 0 Å². The van der Waals surface area contributed by atoms with E-state index in [1.54, 1.807) is 11.8 Å². The van der Waals surface area contributed by atoms with Crippen molar-refractivity contribution in [3.63, 3.8) is 0 Å². The maximum absolute atomic E-state index is 5.74. The van der Waals surface area contributed by atoms with Gasteiger partial charge in [-0.25, -0.2) is 9.97 Å². The molecular formula is C11H18N4S. The molecule has 0 bridgehead atoms. The van der Waals surface area contributed by atoms with Crippen LogP contribution in [0.5, 0.6) is 0 Å². The van der Waals surface area contributed by atoms with Crippen LogP contribution in [0.4, 0.5) is 5.82 Å². The molecule has 0 aliphatic carbocycles. The summed E-state index contributed by atoms with van der Waals surface area (Å²) in [5.74, 6) is 1.65. The Balaban J connectivity index is 2.10. The summed E-state index contributed by atoms with van der Waals surface area (Å²) in [7, 11) is 0. The van der Waals surface area contributed by atoms with Gasteiger partial charge in [-0.15, -0.1) is 0 Å². The smallest absolute Gasteiger partial charge is 0.189 e. The molecule has 16 heavy (non-hydrogen) atoms. The minimum absolute atomic E-state index is 0.612. The van der Waals surface area contributed by atoms with Crippen LogP contribution in [0.2, 0.25) is 0 Å². The van der Waals surface area contributed by atoms with E-state index in [-0.39, 0.29) is 0 Å². The van der Waals surface area contributed by atoms with Gasteiger partial charge in [0, 0.05) is 19.3 Å². The number of anilines is 1. The van der Waals surface area contributed by atoms with Gasteiger partial charge in [-0.3, -0.25) is 0 Å². The number of hydrogen-bond donors (Lipinski definition) is 1. The van der Waals surface area contributed by atoms with E-state index < -0.39 is 0 Å². The molecular weight excluding hydrogens is 220 g/mol. The first-order chi connectivity index (χ1) is 7.83. The van der Waals surface area contributed by atoms with E-state index in [4.69, 9.17) is 5.73 Å². The van der Waals surface area contributed by atoms with Gasteiger partial charge in [0.05, 0.1) is 0 Å². The SMILES string of the molecule is CSc1nccc(N2CCCC(CN)C2)n1. The average Bonchev–Trinajstić information content (AvgIpc) is 2.39. The molecule has 2 rings (SSSR count). The van der Waals surface area contributed by atoms with Crippen LogP contribution in [0.1, 0.15) is 12.8 Å².